The maximum atomic E-state index is 11.1. The smallest absolute Gasteiger partial charge is 0.407 e. The lowest BCUT2D eigenvalue weighted by Crippen LogP contribution is -2.65. The molecule has 25 heavy (non-hydrogen) atoms. The summed E-state index contributed by atoms with van der Waals surface area (Å²) >= 11 is 0. The molecule has 2 atom stereocenters. The van der Waals surface area contributed by atoms with E-state index in [1.54, 1.807) is 4.90 Å². The molecule has 1 aromatic carbocycles. The molecule has 2 saturated heterocycles. The molecule has 1 aliphatic carbocycles. The molecule has 3 fully saturated rings. The van der Waals surface area contributed by atoms with Crippen molar-refractivity contribution in [3.8, 4) is 6.07 Å². The number of amides is 1. The van der Waals surface area contributed by atoms with Gasteiger partial charge in [-0.25, -0.2) is 4.79 Å². The Morgan fingerprint density at radius 2 is 1.88 bits per heavy atom. The van der Waals surface area contributed by atoms with E-state index < -0.39 is 6.09 Å². The molecule has 1 N–H and O–H groups in total. The number of fused-ring (bicyclic) bond motifs is 1. The van der Waals surface area contributed by atoms with Crippen LogP contribution in [0.4, 0.5) is 4.79 Å². The Labute approximate surface area is 148 Å². The molecule has 4 rings (SSSR count). The Morgan fingerprint density at radius 1 is 1.16 bits per heavy atom. The van der Waals surface area contributed by atoms with E-state index in [4.69, 9.17) is 5.11 Å². The monoisotopic (exact) mass is 339 g/mol. The zero-order valence-electron chi connectivity index (χ0n) is 14.5. The second-order valence-corrected chi connectivity index (χ2v) is 7.84. The van der Waals surface area contributed by atoms with Gasteiger partial charge >= 0.3 is 6.09 Å². The third-order valence-electron chi connectivity index (χ3n) is 6.67. The molecule has 132 valence electrons. The van der Waals surface area contributed by atoms with Gasteiger partial charge in [0.15, 0.2) is 0 Å². The molecule has 1 saturated carbocycles. The topological polar surface area (TPSA) is 67.6 Å². The molecule has 1 aromatic rings. The zero-order chi connectivity index (χ0) is 17.4. The van der Waals surface area contributed by atoms with Gasteiger partial charge in [0.25, 0.3) is 0 Å². The maximum absolute atomic E-state index is 11.1. The van der Waals surface area contributed by atoms with Crippen molar-refractivity contribution in [2.75, 3.05) is 19.6 Å². The first-order valence-electron chi connectivity index (χ1n) is 9.33. The number of nitrogens with zero attached hydrogens (tertiary/aromatic N) is 3. The van der Waals surface area contributed by atoms with Crippen molar-refractivity contribution in [3.63, 3.8) is 0 Å². The molecule has 5 nitrogen and oxygen atoms in total. The first kappa shape index (κ1) is 16.4. The molecule has 5 heteroatoms. The highest BCUT2D eigenvalue weighted by molar-refractivity contribution is 5.66. The number of piperidine rings is 1. The Hall–Kier alpha value is -2.06. The molecule has 0 bridgehead atoms. The standard InChI is InChI=1S/C20H25N3O2/c21-14-20(16-4-2-1-3-5-16)9-6-17(7-10-20)22-11-8-18-15(12-22)13-23(18)19(24)25/h1-5,15,17-18H,6-13H2,(H,24,25). The van der Waals surface area contributed by atoms with Gasteiger partial charge in [-0.1, -0.05) is 30.3 Å². The predicted molar refractivity (Wildman–Crippen MR) is 94.2 cm³/mol. The molecule has 3 aliphatic rings. The van der Waals surface area contributed by atoms with Gasteiger partial charge in [-0.3, -0.25) is 4.90 Å². The number of nitriles is 1. The molecule has 1 amide bonds. The Morgan fingerprint density at radius 3 is 2.48 bits per heavy atom. The first-order valence-corrected chi connectivity index (χ1v) is 9.33. The van der Waals surface area contributed by atoms with E-state index >= 15 is 0 Å². The molecule has 2 aliphatic heterocycles. The van der Waals surface area contributed by atoms with E-state index in [0.717, 1.165) is 50.8 Å². The number of hydrogen-bond donors (Lipinski definition) is 1. The molecular formula is C20H25N3O2. The van der Waals surface area contributed by atoms with Crippen LogP contribution in [0.2, 0.25) is 0 Å². The van der Waals surface area contributed by atoms with Crippen molar-refractivity contribution >= 4 is 6.09 Å². The predicted octanol–water partition coefficient (Wildman–Crippen LogP) is 3.07. The van der Waals surface area contributed by atoms with Crippen LogP contribution < -0.4 is 0 Å². The van der Waals surface area contributed by atoms with Crippen LogP contribution >= 0.6 is 0 Å². The summed E-state index contributed by atoms with van der Waals surface area (Å²) < 4.78 is 0. The fourth-order valence-corrected chi connectivity index (χ4v) is 5.12. The highest BCUT2D eigenvalue weighted by Gasteiger charge is 2.47. The van der Waals surface area contributed by atoms with Crippen LogP contribution in [0.15, 0.2) is 30.3 Å². The van der Waals surface area contributed by atoms with Crippen LogP contribution in [0.1, 0.15) is 37.7 Å². The number of carbonyl (C=O) groups is 1. The number of carboxylic acid groups (broad SMARTS) is 1. The lowest BCUT2D eigenvalue weighted by molar-refractivity contribution is -0.0449. The van der Waals surface area contributed by atoms with Gasteiger partial charge in [-0.05, 0) is 37.7 Å². The van der Waals surface area contributed by atoms with Gasteiger partial charge in [-0.15, -0.1) is 0 Å². The first-order chi connectivity index (χ1) is 12.1. The van der Waals surface area contributed by atoms with E-state index in [-0.39, 0.29) is 11.5 Å². The SMILES string of the molecule is N#CC1(c2ccccc2)CCC(N2CCC3C(C2)CN3C(=O)O)CC1. The number of rotatable bonds is 2. The van der Waals surface area contributed by atoms with Crippen molar-refractivity contribution in [2.45, 2.75) is 49.6 Å². The molecule has 0 spiro atoms. The van der Waals surface area contributed by atoms with E-state index in [2.05, 4.69) is 23.1 Å². The van der Waals surface area contributed by atoms with Crippen molar-refractivity contribution in [3.05, 3.63) is 35.9 Å². The normalized spacial score (nSPS) is 35.3. The van der Waals surface area contributed by atoms with Gasteiger partial charge in [-0.2, -0.15) is 5.26 Å². The Bertz CT molecular complexity index is 676. The second kappa shape index (κ2) is 6.34. The van der Waals surface area contributed by atoms with E-state index in [1.165, 1.54) is 0 Å². The van der Waals surface area contributed by atoms with Gasteiger partial charge in [0.2, 0.25) is 0 Å². The van der Waals surface area contributed by atoms with Gasteiger partial charge in [0.1, 0.15) is 0 Å². The Kier molecular flexibility index (Phi) is 4.16. The second-order valence-electron chi connectivity index (χ2n) is 7.84. The summed E-state index contributed by atoms with van der Waals surface area (Å²) in [5.74, 6) is 0.502. The summed E-state index contributed by atoms with van der Waals surface area (Å²) in [6, 6.07) is 13.6. The lowest BCUT2D eigenvalue weighted by atomic mass is 9.68. The molecule has 2 unspecified atom stereocenters. The zero-order valence-corrected chi connectivity index (χ0v) is 14.5. The highest BCUT2D eigenvalue weighted by Crippen LogP contribution is 2.42. The molecule has 0 aromatic heterocycles. The van der Waals surface area contributed by atoms with E-state index in [9.17, 15) is 10.1 Å². The van der Waals surface area contributed by atoms with E-state index in [0.29, 0.717) is 18.5 Å². The summed E-state index contributed by atoms with van der Waals surface area (Å²) in [7, 11) is 0. The summed E-state index contributed by atoms with van der Waals surface area (Å²) in [5.41, 5.74) is 0.831. The van der Waals surface area contributed by atoms with Crippen molar-refractivity contribution in [1.29, 1.82) is 5.26 Å². The van der Waals surface area contributed by atoms with Crippen LogP contribution in [-0.2, 0) is 5.41 Å². The van der Waals surface area contributed by atoms with Crippen molar-refractivity contribution in [2.24, 2.45) is 5.92 Å². The minimum atomic E-state index is -0.769. The van der Waals surface area contributed by atoms with E-state index in [1.807, 2.05) is 18.2 Å². The van der Waals surface area contributed by atoms with Crippen LogP contribution in [0, 0.1) is 17.2 Å². The highest BCUT2D eigenvalue weighted by atomic mass is 16.4. The molecular weight excluding hydrogens is 314 g/mol. The average molecular weight is 339 g/mol. The largest absolute Gasteiger partial charge is 0.465 e. The summed E-state index contributed by atoms with van der Waals surface area (Å²) in [4.78, 5) is 15.3. The van der Waals surface area contributed by atoms with Crippen LogP contribution in [0.25, 0.3) is 0 Å². The summed E-state index contributed by atoms with van der Waals surface area (Å²) in [6.07, 6.45) is 4.14. The lowest BCUT2D eigenvalue weighted by Gasteiger charge is -2.54. The third kappa shape index (κ3) is 2.79. The van der Waals surface area contributed by atoms with Crippen molar-refractivity contribution in [1.82, 2.24) is 9.80 Å². The van der Waals surface area contributed by atoms with Crippen LogP contribution in [0.5, 0.6) is 0 Å². The third-order valence-corrected chi connectivity index (χ3v) is 6.67. The molecule has 0 radical (unpaired) electrons. The average Bonchev–Trinajstić information content (AvgIpc) is 2.63. The maximum Gasteiger partial charge on any atom is 0.407 e. The van der Waals surface area contributed by atoms with Gasteiger partial charge in [0, 0.05) is 37.6 Å². The fourth-order valence-electron chi connectivity index (χ4n) is 5.12. The quantitative estimate of drug-likeness (QED) is 0.899. The summed E-state index contributed by atoms with van der Waals surface area (Å²) in [5, 5.41) is 19.0. The van der Waals surface area contributed by atoms with Crippen LogP contribution in [-0.4, -0.2) is 52.7 Å². The summed E-state index contributed by atoms with van der Waals surface area (Å²) in [6.45, 7) is 2.69. The minimum Gasteiger partial charge on any atom is -0.465 e. The van der Waals surface area contributed by atoms with Gasteiger partial charge in [0.05, 0.1) is 11.5 Å². The van der Waals surface area contributed by atoms with Gasteiger partial charge < -0.3 is 10.0 Å². The number of likely N-dealkylation sites (tertiary alicyclic amines) is 2. The van der Waals surface area contributed by atoms with Crippen LogP contribution in [0.3, 0.4) is 0 Å². The fraction of sp³-hybridized carbons (Fsp3) is 0.600. The van der Waals surface area contributed by atoms with Crippen molar-refractivity contribution < 1.29 is 9.90 Å². The molecule has 2 heterocycles. The number of hydrogen-bond acceptors (Lipinski definition) is 3. The number of benzene rings is 1. The Balaban J connectivity index is 1.37. The minimum absolute atomic E-state index is 0.236.